The van der Waals surface area contributed by atoms with Crippen molar-refractivity contribution in [2.24, 2.45) is 5.73 Å². The summed E-state index contributed by atoms with van der Waals surface area (Å²) in [6, 6.07) is 3.72. The van der Waals surface area contributed by atoms with Crippen molar-refractivity contribution in [3.63, 3.8) is 0 Å². The van der Waals surface area contributed by atoms with Crippen LogP contribution in [0.15, 0.2) is 18.3 Å². The maximum Gasteiger partial charge on any atom is 0.179 e. The van der Waals surface area contributed by atoms with Gasteiger partial charge in [-0.15, -0.1) is 5.10 Å². The Morgan fingerprint density at radius 2 is 2.14 bits per heavy atom. The first-order valence-corrected chi connectivity index (χ1v) is 7.35. The second kappa shape index (κ2) is 6.32. The number of rotatable bonds is 4. The zero-order chi connectivity index (χ0) is 14.7. The molecule has 2 aromatic rings. The molecule has 1 aromatic carbocycles. The van der Waals surface area contributed by atoms with Gasteiger partial charge < -0.3 is 15.2 Å². The molecule has 0 amide bonds. The molecule has 0 saturated heterocycles. The van der Waals surface area contributed by atoms with Gasteiger partial charge in [0, 0.05) is 18.5 Å². The third-order valence-corrected chi connectivity index (χ3v) is 3.51. The second-order valence-electron chi connectivity index (χ2n) is 4.84. The molecule has 112 valence electrons. The normalized spacial score (nSPS) is 14.0. The molecule has 1 aliphatic rings. The summed E-state index contributed by atoms with van der Waals surface area (Å²) in [5.74, 6) is 1.26. The number of hydrogen-bond donors (Lipinski definition) is 1. The van der Waals surface area contributed by atoms with Crippen molar-refractivity contribution in [2.75, 3.05) is 19.8 Å². The number of fused-ring (bicyclic) bond motifs is 1. The van der Waals surface area contributed by atoms with Crippen molar-refractivity contribution >= 4 is 11.6 Å². The molecule has 2 N–H and O–H groups in total. The third-order valence-electron chi connectivity index (χ3n) is 3.23. The molecule has 6 nitrogen and oxygen atoms in total. The smallest absolute Gasteiger partial charge is 0.179 e. The second-order valence-corrected chi connectivity index (χ2v) is 5.25. The van der Waals surface area contributed by atoms with E-state index in [2.05, 4.69) is 10.3 Å². The largest absolute Gasteiger partial charge is 0.489 e. The highest BCUT2D eigenvalue weighted by Gasteiger charge is 2.17. The number of hydrogen-bond acceptors (Lipinski definition) is 5. The van der Waals surface area contributed by atoms with Gasteiger partial charge in [0.25, 0.3) is 0 Å². The lowest BCUT2D eigenvalue weighted by molar-refractivity contribution is 0.297. The van der Waals surface area contributed by atoms with E-state index in [9.17, 15) is 0 Å². The van der Waals surface area contributed by atoms with Crippen molar-refractivity contribution in [1.29, 1.82) is 0 Å². The summed E-state index contributed by atoms with van der Waals surface area (Å²) in [5, 5.41) is 8.78. The Kier molecular flexibility index (Phi) is 4.26. The van der Waals surface area contributed by atoms with Crippen molar-refractivity contribution in [3.05, 3.63) is 23.4 Å². The number of nitrogens with two attached hydrogens (primary N) is 1. The molecule has 0 spiro atoms. The van der Waals surface area contributed by atoms with Gasteiger partial charge in [0.2, 0.25) is 0 Å². The van der Waals surface area contributed by atoms with E-state index in [1.54, 1.807) is 4.68 Å². The van der Waals surface area contributed by atoms with E-state index in [0.29, 0.717) is 36.3 Å². The molecule has 0 aliphatic carbocycles. The minimum atomic E-state index is 0.529. The zero-order valence-corrected chi connectivity index (χ0v) is 12.3. The van der Waals surface area contributed by atoms with Gasteiger partial charge in [-0.25, -0.2) is 0 Å². The summed E-state index contributed by atoms with van der Waals surface area (Å²) < 4.78 is 13.1. The van der Waals surface area contributed by atoms with Gasteiger partial charge in [-0.1, -0.05) is 16.8 Å². The van der Waals surface area contributed by atoms with Crippen LogP contribution in [0.4, 0.5) is 0 Å². The number of nitrogens with zero attached hydrogens (tertiary/aromatic N) is 3. The molecule has 0 radical (unpaired) electrons. The fraction of sp³-hybridized carbons (Fsp3) is 0.429. The van der Waals surface area contributed by atoms with E-state index in [1.807, 2.05) is 18.3 Å². The van der Waals surface area contributed by atoms with E-state index >= 15 is 0 Å². The minimum absolute atomic E-state index is 0.529. The molecular formula is C14H17ClN4O2. The van der Waals surface area contributed by atoms with Crippen LogP contribution in [0.1, 0.15) is 12.8 Å². The highest BCUT2D eigenvalue weighted by atomic mass is 35.5. The van der Waals surface area contributed by atoms with Crippen LogP contribution in [0.5, 0.6) is 11.5 Å². The van der Waals surface area contributed by atoms with Crippen molar-refractivity contribution in [3.8, 4) is 22.8 Å². The maximum atomic E-state index is 6.28. The highest BCUT2D eigenvalue weighted by molar-refractivity contribution is 6.32. The zero-order valence-electron chi connectivity index (χ0n) is 11.6. The molecule has 3 rings (SSSR count). The van der Waals surface area contributed by atoms with Crippen LogP contribution in [-0.4, -0.2) is 34.8 Å². The summed E-state index contributed by atoms with van der Waals surface area (Å²) in [6.07, 6.45) is 3.59. The van der Waals surface area contributed by atoms with E-state index in [0.717, 1.165) is 30.6 Å². The Morgan fingerprint density at radius 1 is 1.29 bits per heavy atom. The predicted molar refractivity (Wildman–Crippen MR) is 79.7 cm³/mol. The van der Waals surface area contributed by atoms with Gasteiger partial charge in [0.1, 0.15) is 5.69 Å². The molecule has 0 saturated carbocycles. The lowest BCUT2D eigenvalue weighted by Gasteiger charge is -2.10. The molecule has 2 heterocycles. The van der Waals surface area contributed by atoms with Crippen LogP contribution < -0.4 is 15.2 Å². The molecule has 0 atom stereocenters. The number of aromatic nitrogens is 3. The summed E-state index contributed by atoms with van der Waals surface area (Å²) in [4.78, 5) is 0. The third kappa shape index (κ3) is 3.11. The Hall–Kier alpha value is -1.79. The van der Waals surface area contributed by atoms with Gasteiger partial charge in [0.05, 0.1) is 24.4 Å². The minimum Gasteiger partial charge on any atom is -0.489 e. The van der Waals surface area contributed by atoms with Crippen molar-refractivity contribution in [1.82, 2.24) is 15.0 Å². The monoisotopic (exact) mass is 308 g/mol. The van der Waals surface area contributed by atoms with E-state index in [4.69, 9.17) is 26.8 Å². The van der Waals surface area contributed by atoms with Crippen LogP contribution in [0.3, 0.4) is 0 Å². The Balaban J connectivity index is 1.90. The first-order chi connectivity index (χ1) is 10.3. The fourth-order valence-electron chi connectivity index (χ4n) is 2.17. The van der Waals surface area contributed by atoms with Gasteiger partial charge in [-0.05, 0) is 25.1 Å². The molecular weight excluding hydrogens is 292 g/mol. The maximum absolute atomic E-state index is 6.28. The van der Waals surface area contributed by atoms with E-state index < -0.39 is 0 Å². The van der Waals surface area contributed by atoms with Gasteiger partial charge in [-0.3, -0.25) is 4.68 Å². The Bertz CT molecular complexity index is 629. The van der Waals surface area contributed by atoms with E-state index in [1.165, 1.54) is 0 Å². The number of benzene rings is 1. The Labute approximate surface area is 127 Å². The quantitative estimate of drug-likeness (QED) is 0.936. The first-order valence-electron chi connectivity index (χ1n) is 6.97. The summed E-state index contributed by atoms with van der Waals surface area (Å²) in [7, 11) is 0. The summed E-state index contributed by atoms with van der Waals surface area (Å²) in [6.45, 7) is 2.62. The first kappa shape index (κ1) is 14.2. The van der Waals surface area contributed by atoms with Crippen LogP contribution in [0.2, 0.25) is 5.02 Å². The molecule has 1 aromatic heterocycles. The van der Waals surface area contributed by atoms with Crippen LogP contribution in [-0.2, 0) is 6.54 Å². The van der Waals surface area contributed by atoms with Gasteiger partial charge in [0.15, 0.2) is 11.5 Å². The molecule has 21 heavy (non-hydrogen) atoms. The molecule has 1 aliphatic heterocycles. The average molecular weight is 309 g/mol. The lowest BCUT2D eigenvalue weighted by Crippen LogP contribution is -2.06. The van der Waals surface area contributed by atoms with Gasteiger partial charge >= 0.3 is 0 Å². The molecule has 0 fully saturated rings. The SMILES string of the molecule is NCCCn1cc(-c2cc(Cl)c3c(c2)OCCCO3)nn1. The van der Waals surface area contributed by atoms with Gasteiger partial charge in [-0.2, -0.15) is 0 Å². The van der Waals surface area contributed by atoms with Crippen molar-refractivity contribution in [2.45, 2.75) is 19.4 Å². The lowest BCUT2D eigenvalue weighted by atomic mass is 10.1. The molecule has 7 heteroatoms. The summed E-state index contributed by atoms with van der Waals surface area (Å²) >= 11 is 6.28. The standard InChI is InChI=1S/C14H17ClN4O2/c15-11-7-10(8-13-14(11)21-6-2-5-20-13)12-9-19(18-17-12)4-1-3-16/h7-9H,1-6,16H2. The number of aryl methyl sites for hydroxylation is 1. The average Bonchev–Trinajstić information content (AvgIpc) is 2.82. The number of ether oxygens (including phenoxy) is 2. The number of halogens is 1. The van der Waals surface area contributed by atoms with Crippen LogP contribution in [0.25, 0.3) is 11.3 Å². The Morgan fingerprint density at radius 3 is 3.00 bits per heavy atom. The highest BCUT2D eigenvalue weighted by Crippen LogP contribution is 2.40. The molecule has 0 bridgehead atoms. The van der Waals surface area contributed by atoms with Crippen molar-refractivity contribution < 1.29 is 9.47 Å². The van der Waals surface area contributed by atoms with Crippen LogP contribution in [0, 0.1) is 0 Å². The fourth-order valence-corrected chi connectivity index (χ4v) is 2.44. The molecule has 0 unspecified atom stereocenters. The van der Waals surface area contributed by atoms with Crippen LogP contribution >= 0.6 is 11.6 Å². The summed E-state index contributed by atoms with van der Waals surface area (Å²) in [5.41, 5.74) is 7.11. The van der Waals surface area contributed by atoms with E-state index in [-0.39, 0.29) is 0 Å². The predicted octanol–water partition coefficient (Wildman–Crippen LogP) is 2.11. The topological polar surface area (TPSA) is 75.2 Å².